The van der Waals surface area contributed by atoms with Gasteiger partial charge in [0.2, 0.25) is 4.96 Å². The third-order valence-electron chi connectivity index (χ3n) is 4.12. The topological polar surface area (TPSA) is 30.2 Å². The van der Waals surface area contributed by atoms with Gasteiger partial charge in [0.15, 0.2) is 0 Å². The zero-order valence-electron chi connectivity index (χ0n) is 11.7. The van der Waals surface area contributed by atoms with Crippen LogP contribution in [0.2, 0.25) is 0 Å². The van der Waals surface area contributed by atoms with Gasteiger partial charge >= 0.3 is 0 Å². The molecule has 1 atom stereocenters. The van der Waals surface area contributed by atoms with Gasteiger partial charge in [-0.1, -0.05) is 39.0 Å². The lowest BCUT2D eigenvalue weighted by molar-refractivity contribution is 0.212. The van der Waals surface area contributed by atoms with Crippen LogP contribution in [0.4, 0.5) is 0 Å². The Kier molecular flexibility index (Phi) is 2.73. The number of aryl methyl sites for hydroxylation is 2. The first-order valence-corrected chi connectivity index (χ1v) is 7.67. The van der Waals surface area contributed by atoms with Crippen LogP contribution in [-0.4, -0.2) is 14.6 Å². The molecule has 0 spiro atoms. The lowest BCUT2D eigenvalue weighted by Crippen LogP contribution is -2.27. The van der Waals surface area contributed by atoms with E-state index in [0.29, 0.717) is 5.41 Å². The van der Waals surface area contributed by atoms with Crippen molar-refractivity contribution in [2.24, 2.45) is 11.3 Å². The van der Waals surface area contributed by atoms with E-state index >= 15 is 0 Å². The maximum absolute atomic E-state index is 4.76. The van der Waals surface area contributed by atoms with Crippen LogP contribution < -0.4 is 0 Å². The van der Waals surface area contributed by atoms with Crippen molar-refractivity contribution >= 4 is 16.3 Å². The van der Waals surface area contributed by atoms with Crippen LogP contribution >= 0.6 is 11.3 Å². The molecule has 0 saturated heterocycles. The Morgan fingerprint density at radius 2 is 2.17 bits per heavy atom. The van der Waals surface area contributed by atoms with Crippen molar-refractivity contribution in [3.05, 3.63) is 16.4 Å². The number of fused-ring (bicyclic) bond motifs is 3. The summed E-state index contributed by atoms with van der Waals surface area (Å²) >= 11 is 1.74. The van der Waals surface area contributed by atoms with E-state index in [1.807, 2.05) is 0 Å². The van der Waals surface area contributed by atoms with Crippen molar-refractivity contribution in [3.8, 4) is 0 Å². The zero-order valence-corrected chi connectivity index (χ0v) is 12.5. The van der Waals surface area contributed by atoms with Crippen LogP contribution in [0.1, 0.15) is 50.5 Å². The lowest BCUT2D eigenvalue weighted by Gasteiger charge is -2.33. The first kappa shape index (κ1) is 12.2. The fourth-order valence-electron chi connectivity index (χ4n) is 2.80. The normalized spacial score (nSPS) is 20.3. The van der Waals surface area contributed by atoms with Gasteiger partial charge in [-0.25, -0.2) is 9.50 Å². The smallest absolute Gasteiger partial charge is 0.212 e. The number of rotatable bonds is 1. The summed E-state index contributed by atoms with van der Waals surface area (Å²) in [7, 11) is 0. The van der Waals surface area contributed by atoms with Gasteiger partial charge in [0, 0.05) is 0 Å². The Bertz CT molecular complexity index is 574. The second-order valence-corrected chi connectivity index (χ2v) is 7.40. The summed E-state index contributed by atoms with van der Waals surface area (Å²) < 4.78 is 2.11. The Morgan fingerprint density at radius 3 is 2.83 bits per heavy atom. The van der Waals surface area contributed by atoms with Crippen LogP contribution in [0.3, 0.4) is 0 Å². The van der Waals surface area contributed by atoms with E-state index < -0.39 is 0 Å². The molecule has 0 aromatic carbocycles. The molecule has 2 heterocycles. The van der Waals surface area contributed by atoms with Crippen molar-refractivity contribution in [2.45, 2.75) is 53.4 Å². The molecule has 0 saturated carbocycles. The number of aromatic nitrogens is 3. The molecule has 0 amide bonds. The molecule has 3 nitrogen and oxygen atoms in total. The number of hydrogen-bond donors (Lipinski definition) is 0. The average Bonchev–Trinajstić information content (AvgIpc) is 2.83. The molecule has 3 rings (SSSR count). The van der Waals surface area contributed by atoms with Gasteiger partial charge in [0.25, 0.3) is 0 Å². The quantitative estimate of drug-likeness (QED) is 0.788. The van der Waals surface area contributed by atoms with Gasteiger partial charge < -0.3 is 0 Å². The van der Waals surface area contributed by atoms with Crippen molar-refractivity contribution in [1.82, 2.24) is 14.6 Å². The first-order chi connectivity index (χ1) is 8.49. The minimum absolute atomic E-state index is 0.380. The van der Waals surface area contributed by atoms with Crippen LogP contribution in [0.25, 0.3) is 4.96 Å². The lowest BCUT2D eigenvalue weighted by atomic mass is 9.73. The molecule has 0 bridgehead atoms. The fourth-order valence-corrected chi connectivity index (χ4v) is 3.68. The Hall–Kier alpha value is -0.900. The molecule has 0 N–H and O–H groups in total. The largest absolute Gasteiger partial charge is 0.222 e. The maximum atomic E-state index is 4.76. The second-order valence-electron chi connectivity index (χ2n) is 6.35. The fraction of sp³-hybridized carbons (Fsp3) is 0.714. The summed E-state index contributed by atoms with van der Waals surface area (Å²) in [5.41, 5.74) is 3.04. The molecule has 2 aromatic heterocycles. The van der Waals surface area contributed by atoms with E-state index in [9.17, 15) is 0 Å². The van der Waals surface area contributed by atoms with E-state index in [0.717, 1.165) is 30.1 Å². The molecule has 0 radical (unpaired) electrons. The van der Waals surface area contributed by atoms with Gasteiger partial charge in [-0.3, -0.25) is 0 Å². The Morgan fingerprint density at radius 1 is 1.39 bits per heavy atom. The Balaban J connectivity index is 2.02. The summed E-state index contributed by atoms with van der Waals surface area (Å²) in [5.74, 6) is 0.747. The monoisotopic (exact) mass is 263 g/mol. The molecule has 18 heavy (non-hydrogen) atoms. The molecule has 98 valence electrons. The van der Waals surface area contributed by atoms with Crippen molar-refractivity contribution < 1.29 is 0 Å². The molecule has 0 fully saturated rings. The van der Waals surface area contributed by atoms with Gasteiger partial charge in [0.05, 0.1) is 11.4 Å². The zero-order chi connectivity index (χ0) is 12.9. The molecule has 0 aliphatic heterocycles. The van der Waals surface area contributed by atoms with E-state index in [2.05, 4.69) is 32.2 Å². The first-order valence-electron chi connectivity index (χ1n) is 6.85. The van der Waals surface area contributed by atoms with Gasteiger partial charge in [0.1, 0.15) is 5.01 Å². The van der Waals surface area contributed by atoms with E-state index in [1.165, 1.54) is 22.8 Å². The van der Waals surface area contributed by atoms with Crippen LogP contribution in [-0.2, 0) is 19.3 Å². The van der Waals surface area contributed by atoms with Gasteiger partial charge in [-0.05, 0) is 37.0 Å². The maximum Gasteiger partial charge on any atom is 0.212 e. The molecule has 2 aromatic rings. The highest BCUT2D eigenvalue weighted by atomic mass is 32.1. The summed E-state index contributed by atoms with van der Waals surface area (Å²) in [6, 6.07) is 0. The highest BCUT2D eigenvalue weighted by molar-refractivity contribution is 7.16. The van der Waals surface area contributed by atoms with Crippen LogP contribution in [0.5, 0.6) is 0 Å². The summed E-state index contributed by atoms with van der Waals surface area (Å²) in [6.07, 6.45) is 4.52. The van der Waals surface area contributed by atoms with Gasteiger partial charge in [-0.15, -0.1) is 0 Å². The molecule has 1 aliphatic rings. The molecule has 1 aliphatic carbocycles. The molecule has 1 unspecified atom stereocenters. The highest BCUT2D eigenvalue weighted by Gasteiger charge is 2.31. The second kappa shape index (κ2) is 4.05. The van der Waals surface area contributed by atoms with E-state index in [-0.39, 0.29) is 0 Å². The molecule has 4 heteroatoms. The predicted octanol–water partition coefficient (Wildman–Crippen LogP) is 3.50. The SMILES string of the molecule is CCc1nn2c3c(nc2s1)CCC(C(C)(C)C)C3. The predicted molar refractivity (Wildman–Crippen MR) is 75.2 cm³/mol. The van der Waals surface area contributed by atoms with E-state index in [1.54, 1.807) is 11.3 Å². The van der Waals surface area contributed by atoms with Crippen molar-refractivity contribution in [3.63, 3.8) is 0 Å². The van der Waals surface area contributed by atoms with Crippen molar-refractivity contribution in [2.75, 3.05) is 0 Å². The number of nitrogens with zero attached hydrogens (tertiary/aromatic N) is 3. The van der Waals surface area contributed by atoms with Crippen LogP contribution in [0.15, 0.2) is 0 Å². The standard InChI is InChI=1S/C14H21N3S/c1-5-12-16-17-11-8-9(14(2,3)4)6-7-10(11)15-13(17)18-12/h9H,5-8H2,1-4H3. The summed E-state index contributed by atoms with van der Waals surface area (Å²) in [6.45, 7) is 9.20. The Labute approximate surface area is 112 Å². The third-order valence-corrected chi connectivity index (χ3v) is 5.17. The highest BCUT2D eigenvalue weighted by Crippen LogP contribution is 2.37. The number of imidazole rings is 1. The third kappa shape index (κ3) is 1.87. The minimum atomic E-state index is 0.380. The van der Waals surface area contributed by atoms with Gasteiger partial charge in [-0.2, -0.15) is 5.10 Å². The average molecular weight is 263 g/mol. The van der Waals surface area contributed by atoms with Crippen molar-refractivity contribution in [1.29, 1.82) is 0 Å². The molecular weight excluding hydrogens is 242 g/mol. The number of hydrogen-bond acceptors (Lipinski definition) is 3. The van der Waals surface area contributed by atoms with Crippen LogP contribution in [0, 0.1) is 11.3 Å². The minimum Gasteiger partial charge on any atom is -0.222 e. The summed E-state index contributed by atoms with van der Waals surface area (Å²) in [4.78, 5) is 5.85. The van der Waals surface area contributed by atoms with E-state index in [4.69, 9.17) is 10.1 Å². The molecular formula is C14H21N3S. The summed E-state index contributed by atoms with van der Waals surface area (Å²) in [5, 5.41) is 5.89.